The summed E-state index contributed by atoms with van der Waals surface area (Å²) in [5.41, 5.74) is 1.31. The fourth-order valence-corrected chi connectivity index (χ4v) is 3.07. The Kier molecular flexibility index (Phi) is 6.49. The third-order valence-electron chi connectivity index (χ3n) is 4.42. The zero-order chi connectivity index (χ0) is 15.1. The fraction of sp³-hybridized carbons (Fsp3) is 0.647. The van der Waals surface area contributed by atoms with Crippen molar-refractivity contribution in [2.45, 2.75) is 19.9 Å². The van der Waals surface area contributed by atoms with Crippen molar-refractivity contribution in [2.24, 2.45) is 0 Å². The second-order valence-electron chi connectivity index (χ2n) is 5.53. The van der Waals surface area contributed by atoms with E-state index in [1.54, 1.807) is 7.11 Å². The van der Waals surface area contributed by atoms with Crippen LogP contribution in [0.2, 0.25) is 0 Å². The van der Waals surface area contributed by atoms with E-state index in [0.717, 1.165) is 51.6 Å². The van der Waals surface area contributed by atoms with Crippen LogP contribution in [0.4, 0.5) is 0 Å². The van der Waals surface area contributed by atoms with Crippen LogP contribution >= 0.6 is 0 Å². The number of hydrogen-bond acceptors (Lipinski definition) is 4. The number of ether oxygens (including phenoxy) is 1. The molecule has 1 aliphatic heterocycles. The quantitative estimate of drug-likeness (QED) is 0.831. The molecule has 0 aliphatic carbocycles. The van der Waals surface area contributed by atoms with Crippen LogP contribution in [0.3, 0.4) is 0 Å². The number of hydrogen-bond donors (Lipinski definition) is 1. The van der Waals surface area contributed by atoms with Crippen molar-refractivity contribution in [3.8, 4) is 5.75 Å². The van der Waals surface area contributed by atoms with E-state index in [4.69, 9.17) is 4.74 Å². The number of benzene rings is 1. The molecule has 1 atom stereocenters. The van der Waals surface area contributed by atoms with Gasteiger partial charge in [0.05, 0.1) is 13.2 Å². The van der Waals surface area contributed by atoms with Crippen LogP contribution in [0, 0.1) is 0 Å². The van der Waals surface area contributed by atoms with Gasteiger partial charge in [0.1, 0.15) is 5.75 Å². The summed E-state index contributed by atoms with van der Waals surface area (Å²) < 4.78 is 5.61. The number of methoxy groups -OCH3 is 1. The Balaban J connectivity index is 2.25. The Morgan fingerprint density at radius 2 is 1.86 bits per heavy atom. The van der Waals surface area contributed by atoms with E-state index in [1.807, 2.05) is 0 Å². The lowest BCUT2D eigenvalue weighted by atomic mass is 10.0. The van der Waals surface area contributed by atoms with Crippen LogP contribution in [0.15, 0.2) is 24.3 Å². The van der Waals surface area contributed by atoms with E-state index in [0.29, 0.717) is 6.04 Å². The molecule has 1 heterocycles. The van der Waals surface area contributed by atoms with Gasteiger partial charge in [-0.05, 0) is 19.2 Å². The molecule has 118 valence electrons. The molecule has 1 aromatic carbocycles. The lowest BCUT2D eigenvalue weighted by Crippen LogP contribution is -2.48. The minimum Gasteiger partial charge on any atom is -0.496 e. The SMILES string of the molecule is CCN(CC)CC(c1ccccc1OC)N1CCNCC1. The Bertz CT molecular complexity index is 414. The Morgan fingerprint density at radius 3 is 2.48 bits per heavy atom. The van der Waals surface area contributed by atoms with Gasteiger partial charge in [-0.2, -0.15) is 0 Å². The highest BCUT2D eigenvalue weighted by atomic mass is 16.5. The molecule has 1 unspecified atom stereocenters. The zero-order valence-corrected chi connectivity index (χ0v) is 13.6. The van der Waals surface area contributed by atoms with Gasteiger partial charge in [0.2, 0.25) is 0 Å². The number of rotatable bonds is 7. The van der Waals surface area contributed by atoms with Gasteiger partial charge in [-0.3, -0.25) is 4.90 Å². The first-order chi connectivity index (χ1) is 10.3. The van der Waals surface area contributed by atoms with Crippen molar-refractivity contribution in [3.05, 3.63) is 29.8 Å². The topological polar surface area (TPSA) is 27.7 Å². The third kappa shape index (κ3) is 4.19. The molecule has 0 spiro atoms. The molecule has 0 amide bonds. The highest BCUT2D eigenvalue weighted by molar-refractivity contribution is 5.36. The summed E-state index contributed by atoms with van der Waals surface area (Å²) in [5.74, 6) is 1.01. The zero-order valence-electron chi connectivity index (χ0n) is 13.6. The van der Waals surface area contributed by atoms with Crippen LogP contribution in [-0.2, 0) is 0 Å². The van der Waals surface area contributed by atoms with Crippen LogP contribution in [0.1, 0.15) is 25.5 Å². The molecule has 4 heteroatoms. The molecule has 4 nitrogen and oxygen atoms in total. The van der Waals surface area contributed by atoms with E-state index in [2.05, 4.69) is 53.2 Å². The molecule has 0 saturated carbocycles. The molecular formula is C17H29N3O. The third-order valence-corrected chi connectivity index (χ3v) is 4.42. The molecule has 1 saturated heterocycles. The summed E-state index contributed by atoms with van der Waals surface area (Å²) in [4.78, 5) is 5.09. The monoisotopic (exact) mass is 291 g/mol. The normalized spacial score (nSPS) is 17.9. The van der Waals surface area contributed by atoms with Crippen molar-refractivity contribution in [2.75, 3.05) is 52.9 Å². The van der Waals surface area contributed by atoms with Gasteiger partial charge in [0.15, 0.2) is 0 Å². The second-order valence-corrected chi connectivity index (χ2v) is 5.53. The van der Waals surface area contributed by atoms with Crippen LogP contribution < -0.4 is 10.1 Å². The summed E-state index contributed by atoms with van der Waals surface area (Å²) in [6, 6.07) is 8.87. The Labute approximate surface area is 129 Å². The maximum atomic E-state index is 5.61. The highest BCUT2D eigenvalue weighted by Gasteiger charge is 2.25. The second kappa shape index (κ2) is 8.37. The molecule has 0 bridgehead atoms. The number of nitrogens with one attached hydrogen (secondary N) is 1. The van der Waals surface area contributed by atoms with Gasteiger partial charge in [0.25, 0.3) is 0 Å². The van der Waals surface area contributed by atoms with Gasteiger partial charge in [0, 0.05) is 38.3 Å². The Hall–Kier alpha value is -1.10. The van der Waals surface area contributed by atoms with Gasteiger partial charge < -0.3 is 15.0 Å². The molecule has 1 aliphatic rings. The van der Waals surface area contributed by atoms with E-state index < -0.39 is 0 Å². The van der Waals surface area contributed by atoms with Crippen molar-refractivity contribution in [1.29, 1.82) is 0 Å². The predicted octanol–water partition coefficient (Wildman–Crippen LogP) is 1.98. The minimum absolute atomic E-state index is 0.406. The first kappa shape index (κ1) is 16.3. The first-order valence-corrected chi connectivity index (χ1v) is 8.10. The molecule has 1 fully saturated rings. The lowest BCUT2D eigenvalue weighted by molar-refractivity contribution is 0.127. The largest absolute Gasteiger partial charge is 0.496 e. The minimum atomic E-state index is 0.406. The van der Waals surface area contributed by atoms with Gasteiger partial charge in [-0.15, -0.1) is 0 Å². The number of likely N-dealkylation sites (N-methyl/N-ethyl adjacent to an activating group) is 1. The molecule has 1 N–H and O–H groups in total. The summed E-state index contributed by atoms with van der Waals surface area (Å²) >= 11 is 0. The van der Waals surface area contributed by atoms with E-state index in [-0.39, 0.29) is 0 Å². The highest BCUT2D eigenvalue weighted by Crippen LogP contribution is 2.30. The van der Waals surface area contributed by atoms with E-state index in [9.17, 15) is 0 Å². The van der Waals surface area contributed by atoms with E-state index in [1.165, 1.54) is 5.56 Å². The van der Waals surface area contributed by atoms with Gasteiger partial charge >= 0.3 is 0 Å². The summed E-state index contributed by atoms with van der Waals surface area (Å²) in [7, 11) is 1.77. The predicted molar refractivity (Wildman–Crippen MR) is 88.0 cm³/mol. The average molecular weight is 291 g/mol. The molecule has 21 heavy (non-hydrogen) atoms. The Morgan fingerprint density at radius 1 is 1.19 bits per heavy atom. The van der Waals surface area contributed by atoms with Crippen molar-refractivity contribution >= 4 is 0 Å². The summed E-state index contributed by atoms with van der Waals surface area (Å²) in [6.45, 7) is 12.1. The smallest absolute Gasteiger partial charge is 0.123 e. The van der Waals surface area contributed by atoms with Gasteiger partial charge in [-0.25, -0.2) is 0 Å². The number of para-hydroxylation sites is 1. The molecule has 0 radical (unpaired) electrons. The summed E-state index contributed by atoms with van der Waals surface area (Å²) in [6.07, 6.45) is 0. The van der Waals surface area contributed by atoms with Crippen LogP contribution in [0.5, 0.6) is 5.75 Å². The molecule has 1 aromatic rings. The van der Waals surface area contributed by atoms with Crippen LogP contribution in [-0.4, -0.2) is 62.7 Å². The fourth-order valence-electron chi connectivity index (χ4n) is 3.07. The maximum absolute atomic E-state index is 5.61. The number of nitrogens with zero attached hydrogens (tertiary/aromatic N) is 2. The first-order valence-electron chi connectivity index (χ1n) is 8.10. The number of piperazine rings is 1. The van der Waals surface area contributed by atoms with Crippen molar-refractivity contribution in [1.82, 2.24) is 15.1 Å². The summed E-state index contributed by atoms with van der Waals surface area (Å²) in [5, 5.41) is 3.44. The van der Waals surface area contributed by atoms with Crippen molar-refractivity contribution in [3.63, 3.8) is 0 Å². The van der Waals surface area contributed by atoms with Crippen LogP contribution in [0.25, 0.3) is 0 Å². The van der Waals surface area contributed by atoms with Crippen molar-refractivity contribution < 1.29 is 4.74 Å². The molecule has 0 aromatic heterocycles. The maximum Gasteiger partial charge on any atom is 0.123 e. The average Bonchev–Trinajstić information content (AvgIpc) is 2.57. The lowest BCUT2D eigenvalue weighted by Gasteiger charge is -2.38. The standard InChI is InChI=1S/C17H29N3O/c1-4-19(5-2)14-16(20-12-10-18-11-13-20)15-8-6-7-9-17(15)21-3/h6-9,16,18H,4-5,10-14H2,1-3H3. The molecule has 2 rings (SSSR count). The molecular weight excluding hydrogens is 262 g/mol. The van der Waals surface area contributed by atoms with Gasteiger partial charge in [-0.1, -0.05) is 32.0 Å². The van der Waals surface area contributed by atoms with E-state index >= 15 is 0 Å².